The van der Waals surface area contributed by atoms with E-state index in [1.165, 1.54) is 6.26 Å². The summed E-state index contributed by atoms with van der Waals surface area (Å²) < 4.78 is 24.8. The molecule has 98 valence electrons. The van der Waals surface area contributed by atoms with E-state index in [1.807, 2.05) is 17.7 Å². The van der Waals surface area contributed by atoms with Gasteiger partial charge in [0, 0.05) is 25.2 Å². The molecule has 0 radical (unpaired) electrons. The minimum atomic E-state index is -3.18. The van der Waals surface area contributed by atoms with Crippen LogP contribution >= 0.6 is 0 Å². The van der Waals surface area contributed by atoms with Crippen molar-refractivity contribution < 1.29 is 8.42 Å². The second-order valence-electron chi connectivity index (χ2n) is 4.67. The van der Waals surface area contributed by atoms with Crippen LogP contribution in [0.4, 0.5) is 0 Å². The lowest BCUT2D eigenvalue weighted by Gasteiger charge is -2.32. The number of hydrogen-bond donors (Lipinski definition) is 1. The highest BCUT2D eigenvalue weighted by molar-refractivity contribution is 7.92. The molecule has 0 aromatic carbocycles. The Bertz CT molecular complexity index is 477. The summed E-state index contributed by atoms with van der Waals surface area (Å²) in [5.41, 5.74) is 0. The number of rotatable bonds is 5. The van der Waals surface area contributed by atoms with Gasteiger partial charge in [-0.15, -0.1) is 0 Å². The van der Waals surface area contributed by atoms with Gasteiger partial charge in [-0.2, -0.15) is 0 Å². The molecule has 0 aliphatic carbocycles. The molecule has 1 unspecified atom stereocenters. The van der Waals surface area contributed by atoms with Crippen LogP contribution in [0.2, 0.25) is 0 Å². The van der Waals surface area contributed by atoms with E-state index in [9.17, 15) is 8.42 Å². The molecule has 17 heavy (non-hydrogen) atoms. The Morgan fingerprint density at radius 1 is 1.53 bits per heavy atom. The molecule has 0 fully saturated rings. The summed E-state index contributed by atoms with van der Waals surface area (Å²) in [4.78, 5) is 4.27. The summed E-state index contributed by atoms with van der Waals surface area (Å²) in [5, 5.41) is 3.06. The highest BCUT2D eigenvalue weighted by Crippen LogP contribution is 2.30. The first-order valence-electron chi connectivity index (χ1n) is 5.63. The van der Waals surface area contributed by atoms with Crippen LogP contribution in [0.3, 0.4) is 0 Å². The monoisotopic (exact) mass is 259 g/mol. The van der Waals surface area contributed by atoms with Gasteiger partial charge in [0.05, 0.1) is 10.8 Å². The van der Waals surface area contributed by atoms with Gasteiger partial charge in [0.1, 0.15) is 5.82 Å². The summed E-state index contributed by atoms with van der Waals surface area (Å²) in [6.07, 6.45) is 4.82. The third-order valence-electron chi connectivity index (χ3n) is 3.29. The van der Waals surface area contributed by atoms with E-state index < -0.39 is 14.6 Å². The van der Waals surface area contributed by atoms with E-state index in [2.05, 4.69) is 10.3 Å². The number of imidazole rings is 1. The van der Waals surface area contributed by atoms with Crippen molar-refractivity contribution in [2.24, 2.45) is 0 Å². The van der Waals surface area contributed by atoms with Crippen molar-refractivity contribution in [3.63, 3.8) is 0 Å². The third-order valence-corrected chi connectivity index (χ3v) is 5.43. The molecule has 0 amide bonds. The van der Waals surface area contributed by atoms with Crippen LogP contribution in [-0.4, -0.2) is 36.0 Å². The van der Waals surface area contributed by atoms with E-state index in [-0.39, 0.29) is 6.04 Å². The van der Waals surface area contributed by atoms with Crippen molar-refractivity contribution in [2.45, 2.75) is 38.1 Å². The summed E-state index contributed by atoms with van der Waals surface area (Å²) in [6.45, 7) is 6.22. The van der Waals surface area contributed by atoms with Gasteiger partial charge in [0.25, 0.3) is 0 Å². The molecule has 1 heterocycles. The quantitative estimate of drug-likeness (QED) is 0.856. The Morgan fingerprint density at radius 3 is 2.53 bits per heavy atom. The van der Waals surface area contributed by atoms with Crippen molar-refractivity contribution in [1.29, 1.82) is 0 Å². The predicted molar refractivity (Wildman–Crippen MR) is 68.6 cm³/mol. The van der Waals surface area contributed by atoms with Gasteiger partial charge in [0.2, 0.25) is 0 Å². The molecule has 5 nitrogen and oxygen atoms in total. The largest absolute Gasteiger partial charge is 0.334 e. The Morgan fingerprint density at radius 2 is 2.12 bits per heavy atom. The van der Waals surface area contributed by atoms with Crippen molar-refractivity contribution in [1.82, 2.24) is 14.9 Å². The second-order valence-corrected chi connectivity index (χ2v) is 7.27. The van der Waals surface area contributed by atoms with Crippen LogP contribution in [-0.2, 0) is 16.4 Å². The predicted octanol–water partition coefficient (Wildman–Crippen LogP) is 0.987. The second kappa shape index (κ2) is 4.78. The molecule has 6 heteroatoms. The van der Waals surface area contributed by atoms with E-state index in [0.29, 0.717) is 0 Å². The van der Waals surface area contributed by atoms with Gasteiger partial charge in [-0.25, -0.2) is 13.4 Å². The van der Waals surface area contributed by atoms with Crippen LogP contribution < -0.4 is 5.32 Å². The fourth-order valence-corrected chi connectivity index (χ4v) is 2.50. The minimum Gasteiger partial charge on any atom is -0.334 e. The lowest BCUT2D eigenvalue weighted by molar-refractivity contribution is 0.416. The summed E-state index contributed by atoms with van der Waals surface area (Å²) in [7, 11) is -1.42. The molecule has 0 aliphatic rings. The van der Waals surface area contributed by atoms with Crippen LogP contribution in [0.1, 0.15) is 32.6 Å². The topological polar surface area (TPSA) is 64.0 Å². The van der Waals surface area contributed by atoms with Crippen molar-refractivity contribution in [2.75, 3.05) is 13.3 Å². The summed E-state index contributed by atoms with van der Waals surface area (Å²) >= 11 is 0. The van der Waals surface area contributed by atoms with Gasteiger partial charge in [-0.1, -0.05) is 0 Å². The molecule has 0 saturated carbocycles. The fourth-order valence-electron chi connectivity index (χ4n) is 1.85. The molecule has 1 aromatic rings. The van der Waals surface area contributed by atoms with Crippen LogP contribution in [0, 0.1) is 0 Å². The maximum Gasteiger partial charge on any atom is 0.154 e. The van der Waals surface area contributed by atoms with Crippen molar-refractivity contribution in [3.05, 3.63) is 18.2 Å². The normalized spacial score (nSPS) is 14.9. The number of nitrogens with one attached hydrogen (secondary N) is 1. The van der Waals surface area contributed by atoms with E-state index >= 15 is 0 Å². The maximum absolute atomic E-state index is 11.9. The molecule has 0 aliphatic heterocycles. The van der Waals surface area contributed by atoms with Gasteiger partial charge < -0.3 is 9.88 Å². The van der Waals surface area contributed by atoms with Crippen LogP contribution in [0.15, 0.2) is 12.4 Å². The highest BCUT2D eigenvalue weighted by atomic mass is 32.2. The Kier molecular flexibility index (Phi) is 3.99. The number of nitrogens with zero attached hydrogens (tertiary/aromatic N) is 2. The fraction of sp³-hybridized carbons (Fsp3) is 0.727. The molecular weight excluding hydrogens is 238 g/mol. The lowest BCUT2D eigenvalue weighted by Crippen LogP contribution is -2.45. The average molecular weight is 259 g/mol. The first kappa shape index (κ1) is 14.2. The smallest absolute Gasteiger partial charge is 0.154 e. The van der Waals surface area contributed by atoms with Crippen LogP contribution in [0.5, 0.6) is 0 Å². The molecule has 0 spiro atoms. The van der Waals surface area contributed by atoms with Gasteiger partial charge >= 0.3 is 0 Å². The van der Waals surface area contributed by atoms with Gasteiger partial charge in [0.15, 0.2) is 9.84 Å². The maximum atomic E-state index is 11.9. The Labute approximate surface area is 103 Å². The molecule has 0 saturated heterocycles. The Balaban J connectivity index is 3.26. The lowest BCUT2D eigenvalue weighted by atomic mass is 10.0. The Hall–Kier alpha value is -0.880. The number of sulfone groups is 1. The van der Waals surface area contributed by atoms with Gasteiger partial charge in [-0.3, -0.25) is 0 Å². The van der Waals surface area contributed by atoms with Crippen LogP contribution in [0.25, 0.3) is 0 Å². The number of aryl methyl sites for hydroxylation is 1. The third kappa shape index (κ3) is 2.52. The molecule has 1 aromatic heterocycles. The molecule has 1 rings (SSSR count). The van der Waals surface area contributed by atoms with Crippen molar-refractivity contribution >= 4 is 9.84 Å². The van der Waals surface area contributed by atoms with E-state index in [0.717, 1.165) is 12.4 Å². The number of hydrogen-bond acceptors (Lipinski definition) is 4. The first-order chi connectivity index (χ1) is 7.75. The standard InChI is InChI=1S/C11H21N3O2S/c1-6-14-8-7-13-10(14)9(12-4)11(2,3)17(5,15)16/h7-9,12H,6H2,1-5H3. The summed E-state index contributed by atoms with van der Waals surface area (Å²) in [5.74, 6) is 0.755. The molecular formula is C11H21N3O2S. The summed E-state index contributed by atoms with van der Waals surface area (Å²) in [6, 6.07) is -0.326. The zero-order chi connectivity index (χ0) is 13.3. The van der Waals surface area contributed by atoms with E-state index in [1.54, 1.807) is 27.1 Å². The average Bonchev–Trinajstić information content (AvgIpc) is 2.64. The van der Waals surface area contributed by atoms with Crippen molar-refractivity contribution in [3.8, 4) is 0 Å². The van der Waals surface area contributed by atoms with E-state index in [4.69, 9.17) is 0 Å². The minimum absolute atomic E-state index is 0.326. The first-order valence-corrected chi connectivity index (χ1v) is 7.52. The number of aromatic nitrogens is 2. The highest BCUT2D eigenvalue weighted by Gasteiger charge is 2.41. The molecule has 0 bridgehead atoms. The molecule has 1 atom stereocenters. The van der Waals surface area contributed by atoms with Gasteiger partial charge in [-0.05, 0) is 27.8 Å². The SMILES string of the molecule is CCn1ccnc1C(NC)C(C)(C)S(C)(=O)=O. The molecule has 1 N–H and O–H groups in total. The zero-order valence-corrected chi connectivity index (χ0v) is 11.9. The zero-order valence-electron chi connectivity index (χ0n) is 11.1.